The maximum absolute atomic E-state index is 12.2. The lowest BCUT2D eigenvalue weighted by atomic mass is 9.90. The summed E-state index contributed by atoms with van der Waals surface area (Å²) in [6.45, 7) is 4.43. The van der Waals surface area contributed by atoms with E-state index in [0.717, 1.165) is 27.7 Å². The summed E-state index contributed by atoms with van der Waals surface area (Å²) in [5, 5.41) is 14.7. The molecule has 0 bridgehead atoms. The fraction of sp³-hybridized carbons (Fsp3) is 0.323. The van der Waals surface area contributed by atoms with E-state index in [9.17, 15) is 14.7 Å². The standard InChI is InChI=1S/C31H34N4O6/c1-3-39-28(37)16-32-31(38)34-24-14-12-23(13-15-24)30-40-27(17-35-19-33-25-6-4-5-7-26(25)35)20(2)29(41-30)22-10-8-21(18-36)9-11-22/h4-15,19-20,27,29-30,36H,3,16-18H2,1-2H3,(H2,32,34,38). The van der Waals surface area contributed by atoms with Crippen LogP contribution in [0.5, 0.6) is 0 Å². The van der Waals surface area contributed by atoms with Crippen LogP contribution in [0.15, 0.2) is 79.1 Å². The van der Waals surface area contributed by atoms with Crippen LogP contribution in [0.4, 0.5) is 10.5 Å². The van der Waals surface area contributed by atoms with E-state index in [4.69, 9.17) is 14.2 Å². The number of nitrogens with zero attached hydrogens (tertiary/aromatic N) is 2. The highest BCUT2D eigenvalue weighted by atomic mass is 16.7. The molecule has 4 aromatic rings. The van der Waals surface area contributed by atoms with Crippen LogP contribution in [0.25, 0.3) is 11.0 Å². The normalized spacial score (nSPS) is 20.5. The van der Waals surface area contributed by atoms with E-state index in [2.05, 4.69) is 27.1 Å². The van der Waals surface area contributed by atoms with Gasteiger partial charge >= 0.3 is 12.0 Å². The maximum Gasteiger partial charge on any atom is 0.325 e. The first-order valence-corrected chi connectivity index (χ1v) is 13.7. The third-order valence-corrected chi connectivity index (χ3v) is 7.17. The Morgan fingerprint density at radius 3 is 2.46 bits per heavy atom. The molecular formula is C31H34N4O6. The van der Waals surface area contributed by atoms with Crippen molar-refractivity contribution in [3.63, 3.8) is 0 Å². The number of anilines is 1. The molecule has 214 valence electrons. The minimum atomic E-state index is -0.653. The molecule has 0 aliphatic carbocycles. The molecule has 1 aromatic heterocycles. The molecule has 41 heavy (non-hydrogen) atoms. The fourth-order valence-corrected chi connectivity index (χ4v) is 4.94. The Bertz CT molecular complexity index is 1470. The van der Waals surface area contributed by atoms with Crippen LogP contribution in [0.2, 0.25) is 0 Å². The van der Waals surface area contributed by atoms with Gasteiger partial charge < -0.3 is 34.5 Å². The Morgan fingerprint density at radius 1 is 1.00 bits per heavy atom. The predicted molar refractivity (Wildman–Crippen MR) is 153 cm³/mol. The van der Waals surface area contributed by atoms with Crippen molar-refractivity contribution in [3.8, 4) is 0 Å². The zero-order valence-electron chi connectivity index (χ0n) is 23.0. The van der Waals surface area contributed by atoms with E-state index >= 15 is 0 Å². The Kier molecular flexibility index (Phi) is 8.93. The summed E-state index contributed by atoms with van der Waals surface area (Å²) in [5.41, 5.74) is 5.14. The summed E-state index contributed by atoms with van der Waals surface area (Å²) in [6.07, 6.45) is 0.734. The fourth-order valence-electron chi connectivity index (χ4n) is 4.94. The van der Waals surface area contributed by atoms with E-state index in [-0.39, 0.29) is 37.9 Å². The molecule has 4 unspecified atom stereocenters. The highest BCUT2D eigenvalue weighted by Crippen LogP contribution is 2.42. The molecular weight excluding hydrogens is 524 g/mol. The zero-order valence-corrected chi connectivity index (χ0v) is 23.0. The summed E-state index contributed by atoms with van der Waals surface area (Å²) in [4.78, 5) is 28.2. The van der Waals surface area contributed by atoms with Gasteiger partial charge in [-0.25, -0.2) is 9.78 Å². The highest BCUT2D eigenvalue weighted by molar-refractivity contribution is 5.91. The van der Waals surface area contributed by atoms with Gasteiger partial charge in [-0.05, 0) is 42.3 Å². The predicted octanol–water partition coefficient (Wildman–Crippen LogP) is 4.70. The number of hydrogen-bond donors (Lipinski definition) is 3. The summed E-state index contributed by atoms with van der Waals surface area (Å²) < 4.78 is 20.0. The molecule has 1 saturated heterocycles. The number of nitrogens with one attached hydrogen (secondary N) is 2. The molecule has 2 heterocycles. The number of amides is 2. The zero-order chi connectivity index (χ0) is 28.8. The topological polar surface area (TPSA) is 124 Å². The lowest BCUT2D eigenvalue weighted by Gasteiger charge is -2.41. The number of ether oxygens (including phenoxy) is 3. The number of benzene rings is 3. The number of aromatic nitrogens is 2. The molecule has 10 nitrogen and oxygen atoms in total. The number of carbonyl (C=O) groups is 2. The van der Waals surface area contributed by atoms with Gasteiger partial charge in [-0.3, -0.25) is 4.79 Å². The molecule has 10 heteroatoms. The first kappa shape index (κ1) is 28.3. The molecule has 1 aliphatic heterocycles. The van der Waals surface area contributed by atoms with Crippen LogP contribution < -0.4 is 10.6 Å². The number of carbonyl (C=O) groups excluding carboxylic acids is 2. The average molecular weight is 559 g/mol. The summed E-state index contributed by atoms with van der Waals surface area (Å²) in [6, 6.07) is 22.5. The van der Waals surface area contributed by atoms with Gasteiger partial charge in [-0.2, -0.15) is 0 Å². The lowest BCUT2D eigenvalue weighted by molar-refractivity contribution is -0.276. The number of rotatable bonds is 9. The van der Waals surface area contributed by atoms with Crippen LogP contribution in [0, 0.1) is 5.92 Å². The van der Waals surface area contributed by atoms with Crippen LogP contribution >= 0.6 is 0 Å². The maximum atomic E-state index is 12.2. The van der Waals surface area contributed by atoms with Gasteiger partial charge in [-0.1, -0.05) is 55.5 Å². The number of hydrogen-bond acceptors (Lipinski definition) is 7. The third-order valence-electron chi connectivity index (χ3n) is 7.17. The molecule has 1 aliphatic rings. The van der Waals surface area contributed by atoms with Crippen LogP contribution in [-0.2, 0) is 32.2 Å². The van der Waals surface area contributed by atoms with Crippen molar-refractivity contribution in [1.82, 2.24) is 14.9 Å². The number of esters is 1. The molecule has 0 spiro atoms. The van der Waals surface area contributed by atoms with Gasteiger partial charge in [0, 0.05) is 17.2 Å². The minimum absolute atomic E-state index is 0.0106. The van der Waals surface area contributed by atoms with E-state index in [1.165, 1.54) is 0 Å². The van der Waals surface area contributed by atoms with Crippen molar-refractivity contribution in [3.05, 3.63) is 95.8 Å². The number of imidazole rings is 1. The number of urea groups is 1. The SMILES string of the molecule is CCOC(=O)CNC(=O)Nc1ccc(C2OC(Cn3cnc4ccccc43)C(C)C(c3ccc(CO)cc3)O2)cc1. The molecule has 3 N–H and O–H groups in total. The van der Waals surface area contributed by atoms with Crippen molar-refractivity contribution in [2.45, 2.75) is 45.5 Å². The van der Waals surface area contributed by atoms with Crippen molar-refractivity contribution >= 4 is 28.7 Å². The second-order valence-electron chi connectivity index (χ2n) is 9.94. The van der Waals surface area contributed by atoms with Gasteiger partial charge in [0.15, 0.2) is 6.29 Å². The van der Waals surface area contributed by atoms with Gasteiger partial charge in [-0.15, -0.1) is 0 Å². The third kappa shape index (κ3) is 6.74. The molecule has 4 atom stereocenters. The van der Waals surface area contributed by atoms with Gasteiger partial charge in [0.1, 0.15) is 6.54 Å². The molecule has 0 saturated carbocycles. The van der Waals surface area contributed by atoms with Gasteiger partial charge in [0.25, 0.3) is 0 Å². The second kappa shape index (κ2) is 12.9. The number of aliphatic hydroxyl groups excluding tert-OH is 1. The molecule has 2 amide bonds. The molecule has 0 radical (unpaired) electrons. The first-order chi connectivity index (χ1) is 19.9. The Balaban J connectivity index is 1.34. The summed E-state index contributed by atoms with van der Waals surface area (Å²) >= 11 is 0. The van der Waals surface area contributed by atoms with Crippen molar-refractivity contribution in [2.75, 3.05) is 18.5 Å². The number of para-hydroxylation sites is 2. The van der Waals surface area contributed by atoms with Crippen molar-refractivity contribution < 1.29 is 28.9 Å². The molecule has 3 aromatic carbocycles. The van der Waals surface area contributed by atoms with Crippen LogP contribution in [-0.4, -0.2) is 45.9 Å². The highest BCUT2D eigenvalue weighted by Gasteiger charge is 2.38. The Morgan fingerprint density at radius 2 is 1.73 bits per heavy atom. The Labute approximate surface area is 238 Å². The lowest BCUT2D eigenvalue weighted by Crippen LogP contribution is -2.39. The van der Waals surface area contributed by atoms with Gasteiger partial charge in [0.05, 0.1) is 49.3 Å². The van der Waals surface area contributed by atoms with Gasteiger partial charge in [0.2, 0.25) is 0 Å². The van der Waals surface area contributed by atoms with Crippen molar-refractivity contribution in [1.29, 1.82) is 0 Å². The number of fused-ring (bicyclic) bond motifs is 1. The quantitative estimate of drug-likeness (QED) is 0.254. The van der Waals surface area contributed by atoms with E-state index in [1.54, 1.807) is 19.1 Å². The summed E-state index contributed by atoms with van der Waals surface area (Å²) in [5.74, 6) is -0.492. The van der Waals surface area contributed by atoms with Crippen LogP contribution in [0.3, 0.4) is 0 Å². The summed E-state index contributed by atoms with van der Waals surface area (Å²) in [7, 11) is 0. The average Bonchev–Trinajstić information content (AvgIpc) is 3.40. The largest absolute Gasteiger partial charge is 0.465 e. The van der Waals surface area contributed by atoms with Crippen LogP contribution in [0.1, 0.15) is 42.9 Å². The Hall–Kier alpha value is -4.25. The molecule has 1 fully saturated rings. The van der Waals surface area contributed by atoms with E-state index in [0.29, 0.717) is 12.2 Å². The first-order valence-electron chi connectivity index (χ1n) is 13.7. The minimum Gasteiger partial charge on any atom is -0.465 e. The smallest absolute Gasteiger partial charge is 0.325 e. The monoisotopic (exact) mass is 558 g/mol. The molecule has 5 rings (SSSR count). The second-order valence-corrected chi connectivity index (χ2v) is 9.94. The van der Waals surface area contributed by atoms with Crippen molar-refractivity contribution in [2.24, 2.45) is 5.92 Å². The number of aliphatic hydroxyl groups is 1. The van der Waals surface area contributed by atoms with E-state index in [1.807, 2.05) is 67.0 Å². The van der Waals surface area contributed by atoms with E-state index < -0.39 is 18.3 Å².